The van der Waals surface area contributed by atoms with Gasteiger partial charge in [-0.15, -0.1) is 11.3 Å². The maximum atomic E-state index is 6.13. The molecule has 0 bridgehead atoms. The first-order valence-electron chi connectivity index (χ1n) is 5.50. The second-order valence-electron chi connectivity index (χ2n) is 3.77. The monoisotopic (exact) mass is 275 g/mol. The van der Waals surface area contributed by atoms with Crippen LogP contribution in [0.25, 0.3) is 10.9 Å². The number of halogens is 1. The predicted octanol–water partition coefficient (Wildman–Crippen LogP) is 3.96. The van der Waals surface area contributed by atoms with Crippen molar-refractivity contribution in [1.82, 2.24) is 9.97 Å². The molecule has 0 fully saturated rings. The van der Waals surface area contributed by atoms with Crippen LogP contribution in [0.3, 0.4) is 0 Å². The average Bonchev–Trinajstić information content (AvgIpc) is 2.92. The Morgan fingerprint density at radius 1 is 1.17 bits per heavy atom. The highest BCUT2D eigenvalue weighted by Crippen LogP contribution is 2.28. The van der Waals surface area contributed by atoms with Gasteiger partial charge in [0, 0.05) is 28.8 Å². The Labute approximate surface area is 113 Å². The first-order valence-corrected chi connectivity index (χ1v) is 6.76. The summed E-state index contributed by atoms with van der Waals surface area (Å²) in [6.45, 7) is 0.712. The van der Waals surface area contributed by atoms with Crippen molar-refractivity contribution in [2.75, 3.05) is 5.32 Å². The summed E-state index contributed by atoms with van der Waals surface area (Å²) in [6, 6.07) is 7.76. The van der Waals surface area contributed by atoms with Gasteiger partial charge in [-0.1, -0.05) is 11.6 Å². The number of nitrogens with zero attached hydrogens (tertiary/aromatic N) is 2. The summed E-state index contributed by atoms with van der Waals surface area (Å²) in [7, 11) is 0. The lowest BCUT2D eigenvalue weighted by atomic mass is 10.2. The maximum absolute atomic E-state index is 6.13. The fraction of sp³-hybridized carbons (Fsp3) is 0.0769. The van der Waals surface area contributed by atoms with E-state index in [0.29, 0.717) is 11.6 Å². The SMILES string of the molecule is Clc1ccc(NCc2nccs2)c2cccnc12. The standard InChI is InChI=1S/C13H10ClN3S/c14-10-3-4-11(9-2-1-5-16-13(9)10)17-8-12-15-6-7-18-12/h1-7,17H,8H2. The second-order valence-corrected chi connectivity index (χ2v) is 5.16. The zero-order chi connectivity index (χ0) is 12.4. The van der Waals surface area contributed by atoms with Crippen LogP contribution in [0.2, 0.25) is 5.02 Å². The third-order valence-electron chi connectivity index (χ3n) is 2.63. The molecule has 0 aliphatic heterocycles. The van der Waals surface area contributed by atoms with Crippen LogP contribution in [0.4, 0.5) is 5.69 Å². The number of hydrogen-bond donors (Lipinski definition) is 1. The van der Waals surface area contributed by atoms with Crippen molar-refractivity contribution >= 4 is 39.5 Å². The van der Waals surface area contributed by atoms with Gasteiger partial charge in [-0.2, -0.15) is 0 Å². The molecule has 0 aliphatic rings. The second kappa shape index (κ2) is 4.92. The highest BCUT2D eigenvalue weighted by Gasteiger charge is 2.05. The number of fused-ring (bicyclic) bond motifs is 1. The van der Waals surface area contributed by atoms with Crippen molar-refractivity contribution < 1.29 is 0 Å². The number of rotatable bonds is 3. The lowest BCUT2D eigenvalue weighted by Crippen LogP contribution is -1.99. The Morgan fingerprint density at radius 3 is 2.94 bits per heavy atom. The lowest BCUT2D eigenvalue weighted by molar-refractivity contribution is 1.11. The van der Waals surface area contributed by atoms with Crippen LogP contribution >= 0.6 is 22.9 Å². The summed E-state index contributed by atoms with van der Waals surface area (Å²) in [5.41, 5.74) is 1.85. The van der Waals surface area contributed by atoms with E-state index in [4.69, 9.17) is 11.6 Å². The topological polar surface area (TPSA) is 37.8 Å². The molecule has 90 valence electrons. The molecule has 0 radical (unpaired) electrons. The van der Waals surface area contributed by atoms with E-state index in [1.165, 1.54) is 0 Å². The van der Waals surface area contributed by atoms with E-state index in [-0.39, 0.29) is 0 Å². The van der Waals surface area contributed by atoms with Gasteiger partial charge in [-0.25, -0.2) is 4.98 Å². The minimum absolute atomic E-state index is 0.672. The Kier molecular flexibility index (Phi) is 3.13. The minimum atomic E-state index is 0.672. The first-order chi connectivity index (χ1) is 8.84. The molecule has 0 saturated heterocycles. The van der Waals surface area contributed by atoms with Crippen molar-refractivity contribution in [3.63, 3.8) is 0 Å². The Hall–Kier alpha value is -1.65. The summed E-state index contributed by atoms with van der Waals surface area (Å²) >= 11 is 7.76. The molecule has 1 aromatic carbocycles. The van der Waals surface area contributed by atoms with Crippen molar-refractivity contribution in [2.45, 2.75) is 6.54 Å². The van der Waals surface area contributed by atoms with E-state index in [1.807, 2.05) is 35.8 Å². The van der Waals surface area contributed by atoms with Crippen LogP contribution in [0.1, 0.15) is 5.01 Å². The number of pyridine rings is 1. The summed E-state index contributed by atoms with van der Waals surface area (Å²) in [5.74, 6) is 0. The van der Waals surface area contributed by atoms with E-state index < -0.39 is 0 Å². The van der Waals surface area contributed by atoms with E-state index >= 15 is 0 Å². The molecule has 1 N–H and O–H groups in total. The van der Waals surface area contributed by atoms with E-state index in [9.17, 15) is 0 Å². The normalized spacial score (nSPS) is 10.7. The summed E-state index contributed by atoms with van der Waals surface area (Å²) in [5, 5.41) is 8.10. The van der Waals surface area contributed by atoms with E-state index in [0.717, 1.165) is 21.6 Å². The fourth-order valence-corrected chi connectivity index (χ4v) is 2.57. The molecule has 3 nitrogen and oxygen atoms in total. The Bertz CT molecular complexity index is 667. The van der Waals surface area contributed by atoms with Crippen molar-refractivity contribution in [2.24, 2.45) is 0 Å². The van der Waals surface area contributed by atoms with Gasteiger partial charge in [-0.05, 0) is 24.3 Å². The number of anilines is 1. The first kappa shape index (κ1) is 11.4. The highest BCUT2D eigenvalue weighted by atomic mass is 35.5. The third kappa shape index (κ3) is 2.17. The number of hydrogen-bond acceptors (Lipinski definition) is 4. The lowest BCUT2D eigenvalue weighted by Gasteiger charge is -2.08. The van der Waals surface area contributed by atoms with Crippen LogP contribution in [-0.2, 0) is 6.54 Å². The van der Waals surface area contributed by atoms with Gasteiger partial charge in [0.1, 0.15) is 5.01 Å². The molecule has 5 heteroatoms. The minimum Gasteiger partial charge on any atom is -0.378 e. The van der Waals surface area contributed by atoms with Crippen LogP contribution in [0.15, 0.2) is 42.0 Å². The molecular formula is C13H10ClN3S. The van der Waals surface area contributed by atoms with Crippen LogP contribution < -0.4 is 5.32 Å². The number of aromatic nitrogens is 2. The van der Waals surface area contributed by atoms with Crippen molar-refractivity contribution in [3.8, 4) is 0 Å². The molecule has 0 spiro atoms. The molecule has 0 atom stereocenters. The summed E-state index contributed by atoms with van der Waals surface area (Å²) in [6.07, 6.45) is 3.56. The van der Waals surface area contributed by atoms with E-state index in [2.05, 4.69) is 15.3 Å². The average molecular weight is 276 g/mol. The molecule has 0 unspecified atom stereocenters. The zero-order valence-electron chi connectivity index (χ0n) is 9.43. The molecule has 2 aromatic heterocycles. The van der Waals surface area contributed by atoms with Gasteiger partial charge in [0.15, 0.2) is 0 Å². The number of thiazole rings is 1. The molecule has 3 rings (SSSR count). The molecule has 18 heavy (non-hydrogen) atoms. The molecule has 0 aliphatic carbocycles. The molecule has 2 heterocycles. The van der Waals surface area contributed by atoms with Gasteiger partial charge in [0.2, 0.25) is 0 Å². The third-order valence-corrected chi connectivity index (χ3v) is 3.72. The van der Waals surface area contributed by atoms with Gasteiger partial charge in [0.25, 0.3) is 0 Å². The van der Waals surface area contributed by atoms with Crippen LogP contribution in [0, 0.1) is 0 Å². The maximum Gasteiger partial charge on any atom is 0.112 e. The molecular weight excluding hydrogens is 266 g/mol. The number of nitrogens with one attached hydrogen (secondary N) is 1. The summed E-state index contributed by atoms with van der Waals surface area (Å²) < 4.78 is 0. The van der Waals surface area contributed by atoms with Crippen LogP contribution in [0.5, 0.6) is 0 Å². The fourth-order valence-electron chi connectivity index (χ4n) is 1.80. The summed E-state index contributed by atoms with van der Waals surface area (Å²) in [4.78, 5) is 8.54. The smallest absolute Gasteiger partial charge is 0.112 e. The van der Waals surface area contributed by atoms with Crippen molar-refractivity contribution in [3.05, 3.63) is 52.1 Å². The molecule has 0 saturated carbocycles. The van der Waals surface area contributed by atoms with Gasteiger partial charge in [0.05, 0.1) is 17.1 Å². The van der Waals surface area contributed by atoms with E-state index in [1.54, 1.807) is 17.5 Å². The van der Waals surface area contributed by atoms with Crippen molar-refractivity contribution in [1.29, 1.82) is 0 Å². The highest BCUT2D eigenvalue weighted by molar-refractivity contribution is 7.09. The Morgan fingerprint density at radius 2 is 2.11 bits per heavy atom. The molecule has 0 amide bonds. The van der Waals surface area contributed by atoms with Gasteiger partial charge in [-0.3, -0.25) is 4.98 Å². The van der Waals surface area contributed by atoms with Gasteiger partial charge < -0.3 is 5.32 Å². The molecule has 3 aromatic rings. The quantitative estimate of drug-likeness (QED) is 0.786. The predicted molar refractivity (Wildman–Crippen MR) is 76.2 cm³/mol. The number of benzene rings is 1. The Balaban J connectivity index is 1.94. The largest absolute Gasteiger partial charge is 0.378 e. The van der Waals surface area contributed by atoms with Gasteiger partial charge >= 0.3 is 0 Å². The van der Waals surface area contributed by atoms with Crippen LogP contribution in [-0.4, -0.2) is 9.97 Å². The zero-order valence-corrected chi connectivity index (χ0v) is 11.0.